The van der Waals surface area contributed by atoms with Gasteiger partial charge in [0, 0.05) is 6.54 Å². The lowest BCUT2D eigenvalue weighted by molar-refractivity contribution is 0.346. The monoisotopic (exact) mass is 113 g/mol. The van der Waals surface area contributed by atoms with Gasteiger partial charge in [-0.15, -0.1) is 0 Å². The highest BCUT2D eigenvalue weighted by Crippen LogP contribution is 2.13. The predicted octanol–water partition coefficient (Wildman–Crippen LogP) is 1.35. The van der Waals surface area contributed by atoms with Gasteiger partial charge in [0.2, 0.25) is 0 Å². The highest BCUT2D eigenvalue weighted by Gasteiger charge is 2.15. The molecule has 1 heteroatoms. The molecule has 0 spiro atoms. The molecule has 0 saturated carbocycles. The van der Waals surface area contributed by atoms with E-state index < -0.39 is 0 Å². The molecule has 48 valence electrons. The number of nitrogens with zero attached hydrogens (tertiary/aromatic N) is 1. The van der Waals surface area contributed by atoms with E-state index in [1.54, 1.807) is 0 Å². The molecule has 0 aromatic rings. The zero-order chi connectivity index (χ0) is 5.98. The zero-order valence-electron chi connectivity index (χ0n) is 5.85. The van der Waals surface area contributed by atoms with Gasteiger partial charge in [-0.05, 0) is 25.4 Å². The second-order valence-electron chi connectivity index (χ2n) is 2.79. The molecule has 1 aliphatic heterocycles. The van der Waals surface area contributed by atoms with Crippen LogP contribution in [0.1, 0.15) is 20.3 Å². The minimum absolute atomic E-state index is 0.954. The van der Waals surface area contributed by atoms with Gasteiger partial charge in [-0.3, -0.25) is 0 Å². The topological polar surface area (TPSA) is 3.24 Å². The fourth-order valence-corrected chi connectivity index (χ4v) is 1.31. The molecule has 0 amide bonds. The molecule has 1 fully saturated rings. The smallest absolute Gasteiger partial charge is 0.000738 e. The molecule has 1 atom stereocenters. The van der Waals surface area contributed by atoms with Crippen LogP contribution in [0.5, 0.6) is 0 Å². The Hall–Kier alpha value is -0.0400. The van der Waals surface area contributed by atoms with Crippen molar-refractivity contribution in [3.63, 3.8) is 0 Å². The van der Waals surface area contributed by atoms with Crippen molar-refractivity contribution >= 4 is 0 Å². The maximum atomic E-state index is 2.50. The van der Waals surface area contributed by atoms with Crippen molar-refractivity contribution in [1.29, 1.82) is 0 Å². The summed E-state index contributed by atoms with van der Waals surface area (Å²) < 4.78 is 0. The lowest BCUT2D eigenvalue weighted by atomic mass is 10.2. The summed E-state index contributed by atoms with van der Waals surface area (Å²) in [6.07, 6.45) is 1.41. The maximum absolute atomic E-state index is 2.50. The highest BCUT2D eigenvalue weighted by molar-refractivity contribution is 4.70. The Morgan fingerprint density at radius 2 is 2.38 bits per heavy atom. The van der Waals surface area contributed by atoms with Crippen LogP contribution in [0.25, 0.3) is 0 Å². The van der Waals surface area contributed by atoms with Crippen LogP contribution in [-0.2, 0) is 0 Å². The molecular weight excluding hydrogens is 98.1 g/mol. The van der Waals surface area contributed by atoms with E-state index in [1.165, 1.54) is 26.1 Å². The van der Waals surface area contributed by atoms with E-state index >= 15 is 0 Å². The van der Waals surface area contributed by atoms with Crippen LogP contribution in [0, 0.1) is 5.92 Å². The second kappa shape index (κ2) is 2.49. The first-order chi connectivity index (χ1) is 3.83. The van der Waals surface area contributed by atoms with Crippen molar-refractivity contribution in [1.82, 2.24) is 4.90 Å². The summed E-state index contributed by atoms with van der Waals surface area (Å²) in [5, 5.41) is 0. The van der Waals surface area contributed by atoms with Gasteiger partial charge in [0.25, 0.3) is 0 Å². The molecule has 1 aliphatic rings. The van der Waals surface area contributed by atoms with Crippen LogP contribution >= 0.6 is 0 Å². The van der Waals surface area contributed by atoms with Gasteiger partial charge in [0.15, 0.2) is 0 Å². The van der Waals surface area contributed by atoms with E-state index in [4.69, 9.17) is 0 Å². The van der Waals surface area contributed by atoms with Crippen LogP contribution < -0.4 is 0 Å². The summed E-state index contributed by atoms with van der Waals surface area (Å²) in [7, 11) is 0. The van der Waals surface area contributed by atoms with Crippen LogP contribution in [0.3, 0.4) is 0 Å². The molecule has 0 aliphatic carbocycles. The number of likely N-dealkylation sites (tertiary alicyclic amines) is 1. The Morgan fingerprint density at radius 3 is 2.62 bits per heavy atom. The lowest BCUT2D eigenvalue weighted by Gasteiger charge is -2.09. The Morgan fingerprint density at radius 1 is 1.62 bits per heavy atom. The third-order valence-electron chi connectivity index (χ3n) is 1.96. The molecule has 8 heavy (non-hydrogen) atoms. The highest BCUT2D eigenvalue weighted by atomic mass is 15.1. The quantitative estimate of drug-likeness (QED) is 0.496. The van der Waals surface area contributed by atoms with E-state index in [2.05, 4.69) is 18.7 Å². The van der Waals surface area contributed by atoms with E-state index in [-0.39, 0.29) is 0 Å². The molecule has 0 radical (unpaired) electrons. The van der Waals surface area contributed by atoms with Crippen LogP contribution in [-0.4, -0.2) is 24.5 Å². The third-order valence-corrected chi connectivity index (χ3v) is 1.96. The standard InChI is InChI=1S/C7H15N/c1-3-8-5-4-7(2)6-8/h7H,3-6H2,1-2H3/t7-/m0/s1. The summed E-state index contributed by atoms with van der Waals surface area (Å²) in [5.74, 6) is 0.954. The molecule has 1 nitrogen and oxygen atoms in total. The summed E-state index contributed by atoms with van der Waals surface area (Å²) >= 11 is 0. The van der Waals surface area contributed by atoms with Crippen molar-refractivity contribution in [3.8, 4) is 0 Å². The minimum Gasteiger partial charge on any atom is -0.303 e. The van der Waals surface area contributed by atoms with Crippen LogP contribution in [0.4, 0.5) is 0 Å². The van der Waals surface area contributed by atoms with E-state index in [0.717, 1.165) is 5.92 Å². The number of hydrogen-bond donors (Lipinski definition) is 0. The first kappa shape index (κ1) is 6.09. The summed E-state index contributed by atoms with van der Waals surface area (Å²) in [6.45, 7) is 8.46. The fourth-order valence-electron chi connectivity index (χ4n) is 1.31. The van der Waals surface area contributed by atoms with Crippen LogP contribution in [0.15, 0.2) is 0 Å². The third kappa shape index (κ3) is 1.22. The Kier molecular flexibility index (Phi) is 1.90. The minimum atomic E-state index is 0.954. The first-order valence-corrected chi connectivity index (χ1v) is 3.55. The summed E-state index contributed by atoms with van der Waals surface area (Å²) in [5.41, 5.74) is 0. The summed E-state index contributed by atoms with van der Waals surface area (Å²) in [6, 6.07) is 0. The van der Waals surface area contributed by atoms with E-state index in [0.29, 0.717) is 0 Å². The molecule has 0 unspecified atom stereocenters. The molecule has 1 saturated heterocycles. The van der Waals surface area contributed by atoms with Gasteiger partial charge < -0.3 is 4.90 Å². The van der Waals surface area contributed by atoms with Crippen molar-refractivity contribution in [3.05, 3.63) is 0 Å². The normalized spacial score (nSPS) is 31.5. The Bertz CT molecular complexity index is 70.8. The van der Waals surface area contributed by atoms with Gasteiger partial charge in [-0.1, -0.05) is 13.8 Å². The van der Waals surface area contributed by atoms with Crippen molar-refractivity contribution in [2.24, 2.45) is 5.92 Å². The molecule has 1 heterocycles. The Balaban J connectivity index is 2.22. The largest absolute Gasteiger partial charge is 0.303 e. The second-order valence-corrected chi connectivity index (χ2v) is 2.79. The fraction of sp³-hybridized carbons (Fsp3) is 1.00. The average molecular weight is 113 g/mol. The van der Waals surface area contributed by atoms with E-state index in [1.807, 2.05) is 0 Å². The van der Waals surface area contributed by atoms with Gasteiger partial charge in [0.05, 0.1) is 0 Å². The average Bonchev–Trinajstić information content (AvgIpc) is 2.14. The van der Waals surface area contributed by atoms with Crippen LogP contribution in [0.2, 0.25) is 0 Å². The van der Waals surface area contributed by atoms with Gasteiger partial charge >= 0.3 is 0 Å². The van der Waals surface area contributed by atoms with Crippen molar-refractivity contribution in [2.75, 3.05) is 19.6 Å². The van der Waals surface area contributed by atoms with Crippen molar-refractivity contribution in [2.45, 2.75) is 20.3 Å². The lowest BCUT2D eigenvalue weighted by Crippen LogP contribution is -2.18. The SMILES string of the molecule is CCN1CC[C@H](C)C1. The Labute approximate surface area is 51.7 Å². The molecule has 0 aromatic heterocycles. The first-order valence-electron chi connectivity index (χ1n) is 3.55. The predicted molar refractivity (Wildman–Crippen MR) is 35.9 cm³/mol. The zero-order valence-corrected chi connectivity index (χ0v) is 5.85. The van der Waals surface area contributed by atoms with Gasteiger partial charge in [0.1, 0.15) is 0 Å². The molecule has 0 N–H and O–H groups in total. The van der Waals surface area contributed by atoms with Gasteiger partial charge in [-0.2, -0.15) is 0 Å². The van der Waals surface area contributed by atoms with Gasteiger partial charge in [-0.25, -0.2) is 0 Å². The number of hydrogen-bond acceptors (Lipinski definition) is 1. The maximum Gasteiger partial charge on any atom is 0.000738 e. The molecular formula is C7H15N. The van der Waals surface area contributed by atoms with E-state index in [9.17, 15) is 0 Å². The molecule has 0 bridgehead atoms. The van der Waals surface area contributed by atoms with Crippen molar-refractivity contribution < 1.29 is 0 Å². The number of rotatable bonds is 1. The molecule has 0 aromatic carbocycles. The molecule has 1 rings (SSSR count). The summed E-state index contributed by atoms with van der Waals surface area (Å²) in [4.78, 5) is 2.50.